The first-order valence-electron chi connectivity index (χ1n) is 4.97. The van der Waals surface area contributed by atoms with Crippen molar-refractivity contribution in [1.29, 1.82) is 0 Å². The highest BCUT2D eigenvalue weighted by Crippen LogP contribution is 2.29. The molecule has 0 unspecified atom stereocenters. The van der Waals surface area contributed by atoms with Gasteiger partial charge in [-0.2, -0.15) is 0 Å². The third-order valence-corrected chi connectivity index (χ3v) is 2.91. The number of nitrogens with one attached hydrogen (secondary N) is 1. The van der Waals surface area contributed by atoms with Crippen molar-refractivity contribution < 1.29 is 0 Å². The first-order chi connectivity index (χ1) is 7.15. The summed E-state index contributed by atoms with van der Waals surface area (Å²) in [5.41, 5.74) is 6.41. The third kappa shape index (κ3) is 1.45. The van der Waals surface area contributed by atoms with E-state index in [0.29, 0.717) is 0 Å². The number of hydrazine groups is 1. The maximum Gasteiger partial charge on any atom is 0.148 e. The van der Waals surface area contributed by atoms with Crippen LogP contribution in [-0.2, 0) is 0 Å². The number of nitrogens with zero attached hydrogens (tertiary/aromatic N) is 1. The van der Waals surface area contributed by atoms with E-state index in [9.17, 15) is 0 Å². The van der Waals surface area contributed by atoms with Crippen LogP contribution in [-0.4, -0.2) is 4.98 Å². The molecule has 0 radical (unpaired) electrons. The van der Waals surface area contributed by atoms with Crippen LogP contribution in [0.1, 0.15) is 16.7 Å². The molecule has 0 aliphatic carbocycles. The Labute approximate surface area is 89.3 Å². The minimum absolute atomic E-state index is 0.747. The van der Waals surface area contributed by atoms with E-state index in [-0.39, 0.29) is 0 Å². The van der Waals surface area contributed by atoms with E-state index < -0.39 is 0 Å². The van der Waals surface area contributed by atoms with Gasteiger partial charge in [-0.25, -0.2) is 10.8 Å². The summed E-state index contributed by atoms with van der Waals surface area (Å²) >= 11 is 0. The minimum Gasteiger partial charge on any atom is -0.308 e. The highest BCUT2D eigenvalue weighted by atomic mass is 15.2. The lowest BCUT2D eigenvalue weighted by Crippen LogP contribution is -2.09. The van der Waals surface area contributed by atoms with Crippen LogP contribution in [0, 0.1) is 20.8 Å². The number of nitrogen functional groups attached to an aromatic ring is 1. The summed E-state index contributed by atoms with van der Waals surface area (Å²) in [6.45, 7) is 6.31. The van der Waals surface area contributed by atoms with Gasteiger partial charge in [0.25, 0.3) is 0 Å². The molecule has 3 nitrogen and oxygen atoms in total. The van der Waals surface area contributed by atoms with Gasteiger partial charge < -0.3 is 5.43 Å². The molecule has 0 aliphatic heterocycles. The lowest BCUT2D eigenvalue weighted by Gasteiger charge is -2.12. The average molecular weight is 201 g/mol. The van der Waals surface area contributed by atoms with Gasteiger partial charge in [0.05, 0.1) is 0 Å². The minimum atomic E-state index is 0.747. The molecule has 0 saturated carbocycles. The van der Waals surface area contributed by atoms with Gasteiger partial charge in [-0.15, -0.1) is 0 Å². The topological polar surface area (TPSA) is 50.9 Å². The Balaban J connectivity index is 2.96. The maximum absolute atomic E-state index is 5.47. The second kappa shape index (κ2) is 3.51. The van der Waals surface area contributed by atoms with Crippen LogP contribution in [0.2, 0.25) is 0 Å². The van der Waals surface area contributed by atoms with Crippen LogP contribution in [0.5, 0.6) is 0 Å². The molecule has 0 amide bonds. The van der Waals surface area contributed by atoms with Crippen molar-refractivity contribution in [2.75, 3.05) is 5.43 Å². The number of aromatic nitrogens is 1. The molecule has 1 aromatic heterocycles. The molecule has 2 aromatic rings. The van der Waals surface area contributed by atoms with Crippen molar-refractivity contribution in [1.82, 2.24) is 4.98 Å². The number of aryl methyl sites for hydroxylation is 3. The Morgan fingerprint density at radius 2 is 1.93 bits per heavy atom. The van der Waals surface area contributed by atoms with Gasteiger partial charge >= 0.3 is 0 Å². The largest absolute Gasteiger partial charge is 0.308 e. The summed E-state index contributed by atoms with van der Waals surface area (Å²) in [7, 11) is 0. The van der Waals surface area contributed by atoms with Gasteiger partial charge in [-0.1, -0.05) is 6.07 Å². The summed E-state index contributed by atoms with van der Waals surface area (Å²) in [5.74, 6) is 6.22. The summed E-state index contributed by atoms with van der Waals surface area (Å²) in [6, 6.07) is 4.22. The molecule has 78 valence electrons. The van der Waals surface area contributed by atoms with Crippen molar-refractivity contribution in [2.24, 2.45) is 5.84 Å². The van der Waals surface area contributed by atoms with E-state index in [0.717, 1.165) is 11.2 Å². The van der Waals surface area contributed by atoms with Gasteiger partial charge in [0.15, 0.2) is 0 Å². The van der Waals surface area contributed by atoms with Gasteiger partial charge in [0, 0.05) is 11.6 Å². The number of hydrogen-bond donors (Lipinski definition) is 2. The zero-order chi connectivity index (χ0) is 11.0. The van der Waals surface area contributed by atoms with Crippen LogP contribution >= 0.6 is 0 Å². The molecule has 15 heavy (non-hydrogen) atoms. The Kier molecular flexibility index (Phi) is 2.32. The Morgan fingerprint density at radius 1 is 1.20 bits per heavy atom. The van der Waals surface area contributed by atoms with Crippen molar-refractivity contribution in [3.05, 3.63) is 35.0 Å². The van der Waals surface area contributed by atoms with E-state index in [2.05, 4.69) is 37.2 Å². The number of pyridine rings is 1. The molecule has 0 aliphatic rings. The SMILES string of the molecule is Cc1cc(C)c2ccnc(NN)c2c1C. The number of nitrogens with two attached hydrogens (primary N) is 1. The first-order valence-corrected chi connectivity index (χ1v) is 4.97. The molecule has 0 atom stereocenters. The number of benzene rings is 1. The summed E-state index contributed by atoms with van der Waals surface area (Å²) in [4.78, 5) is 4.23. The highest BCUT2D eigenvalue weighted by molar-refractivity contribution is 5.97. The fraction of sp³-hybridized carbons (Fsp3) is 0.250. The van der Waals surface area contributed by atoms with Crippen LogP contribution in [0.25, 0.3) is 10.8 Å². The first kappa shape index (κ1) is 9.93. The quantitative estimate of drug-likeness (QED) is 0.550. The van der Waals surface area contributed by atoms with Crippen molar-refractivity contribution in [3.63, 3.8) is 0 Å². The number of hydrogen-bond acceptors (Lipinski definition) is 3. The predicted molar refractivity (Wildman–Crippen MR) is 63.8 cm³/mol. The standard InChI is InChI=1S/C12H15N3/c1-7-6-8(2)10-4-5-14-12(15-13)11(10)9(7)3/h4-6H,13H2,1-3H3,(H,14,15). The third-order valence-electron chi connectivity index (χ3n) is 2.91. The van der Waals surface area contributed by atoms with E-state index in [1.54, 1.807) is 6.20 Å². The molecule has 0 spiro atoms. The normalized spacial score (nSPS) is 10.7. The number of anilines is 1. The fourth-order valence-electron chi connectivity index (χ4n) is 1.99. The lowest BCUT2D eigenvalue weighted by atomic mass is 9.98. The predicted octanol–water partition coefficient (Wildman–Crippen LogP) is 2.45. The van der Waals surface area contributed by atoms with Crippen LogP contribution in [0.3, 0.4) is 0 Å². The average Bonchev–Trinajstić information content (AvgIpc) is 2.25. The zero-order valence-electron chi connectivity index (χ0n) is 9.26. The lowest BCUT2D eigenvalue weighted by molar-refractivity contribution is 1.23. The molecular formula is C12H15N3. The van der Waals surface area contributed by atoms with Gasteiger partial charge in [0.2, 0.25) is 0 Å². The second-order valence-corrected chi connectivity index (χ2v) is 3.86. The van der Waals surface area contributed by atoms with Crippen molar-refractivity contribution in [3.8, 4) is 0 Å². The van der Waals surface area contributed by atoms with Crippen LogP contribution in [0.15, 0.2) is 18.3 Å². The van der Waals surface area contributed by atoms with Gasteiger partial charge in [0.1, 0.15) is 5.82 Å². The van der Waals surface area contributed by atoms with Gasteiger partial charge in [-0.05, 0) is 48.9 Å². The van der Waals surface area contributed by atoms with Crippen molar-refractivity contribution >= 4 is 16.6 Å². The maximum atomic E-state index is 5.47. The highest BCUT2D eigenvalue weighted by Gasteiger charge is 2.08. The fourth-order valence-corrected chi connectivity index (χ4v) is 1.99. The number of rotatable bonds is 1. The molecule has 1 aromatic carbocycles. The van der Waals surface area contributed by atoms with E-state index >= 15 is 0 Å². The van der Waals surface area contributed by atoms with E-state index in [4.69, 9.17) is 5.84 Å². The molecular weight excluding hydrogens is 186 g/mol. The second-order valence-electron chi connectivity index (χ2n) is 3.86. The molecule has 3 heteroatoms. The molecule has 2 rings (SSSR count). The van der Waals surface area contributed by atoms with Crippen LogP contribution < -0.4 is 11.3 Å². The van der Waals surface area contributed by atoms with E-state index in [1.165, 1.54) is 22.1 Å². The molecule has 1 heterocycles. The summed E-state index contributed by atoms with van der Waals surface area (Å²) < 4.78 is 0. The zero-order valence-corrected chi connectivity index (χ0v) is 9.26. The smallest absolute Gasteiger partial charge is 0.148 e. The molecule has 3 N–H and O–H groups in total. The molecule has 0 saturated heterocycles. The Hall–Kier alpha value is -1.61. The van der Waals surface area contributed by atoms with E-state index in [1.807, 2.05) is 6.07 Å². The van der Waals surface area contributed by atoms with Crippen LogP contribution in [0.4, 0.5) is 5.82 Å². The molecule has 0 bridgehead atoms. The monoisotopic (exact) mass is 201 g/mol. The number of fused-ring (bicyclic) bond motifs is 1. The van der Waals surface area contributed by atoms with Crippen molar-refractivity contribution in [2.45, 2.75) is 20.8 Å². The van der Waals surface area contributed by atoms with Gasteiger partial charge in [-0.3, -0.25) is 0 Å². The summed E-state index contributed by atoms with van der Waals surface area (Å²) in [6.07, 6.45) is 1.78. The molecule has 0 fully saturated rings. The summed E-state index contributed by atoms with van der Waals surface area (Å²) in [5, 5.41) is 2.33. The Bertz CT molecular complexity index is 518. The Morgan fingerprint density at radius 3 is 2.60 bits per heavy atom.